The van der Waals surface area contributed by atoms with Crippen molar-refractivity contribution in [1.82, 2.24) is 0 Å². The summed E-state index contributed by atoms with van der Waals surface area (Å²) in [5, 5.41) is 26.3. The Balaban J connectivity index is 0.000000644. The van der Waals surface area contributed by atoms with Crippen LogP contribution in [0.1, 0.15) is 15.9 Å². The van der Waals surface area contributed by atoms with Gasteiger partial charge in [-0.25, -0.2) is 22.4 Å². The molecule has 0 fully saturated rings. The van der Waals surface area contributed by atoms with Crippen molar-refractivity contribution in [3.63, 3.8) is 0 Å². The van der Waals surface area contributed by atoms with E-state index in [0.29, 0.717) is 11.3 Å². The first kappa shape index (κ1) is 33.9. The first-order chi connectivity index (χ1) is 22.0. The molecule has 10 nitrogen and oxygen atoms in total. The molecule has 0 amide bonds. The van der Waals surface area contributed by atoms with Crippen molar-refractivity contribution in [2.45, 2.75) is 16.0 Å². The second-order valence-electron chi connectivity index (χ2n) is 9.73. The molecule has 0 spiro atoms. The lowest BCUT2D eigenvalue weighted by atomic mass is 9.97. The minimum absolute atomic E-state index is 0.00488. The molecule has 5 aromatic carbocycles. The summed E-state index contributed by atoms with van der Waals surface area (Å²) >= 11 is 0. The van der Waals surface area contributed by atoms with E-state index in [1.165, 1.54) is 30.3 Å². The summed E-state index contributed by atoms with van der Waals surface area (Å²) in [4.78, 5) is 20.8. The van der Waals surface area contributed by atoms with Gasteiger partial charge in [-0.05, 0) is 77.5 Å². The number of amidine groups is 1. The number of nitrogens with two attached hydrogens (primary N) is 2. The Labute approximate surface area is 263 Å². The van der Waals surface area contributed by atoms with Crippen molar-refractivity contribution in [3.05, 3.63) is 114 Å². The Morgan fingerprint density at radius 3 is 1.98 bits per heavy atom. The van der Waals surface area contributed by atoms with Crippen LogP contribution in [0.5, 0.6) is 11.5 Å². The SMILES string of the molecule is N=C(N)c1ccc2cc(Oc3ccc(S(=O)(=O)c4ccc(F)cc4)cc3-c3cccc(N)c3C(=O)O)ccc2c1.O=C(O)C(F)(F)F. The molecule has 5 rings (SSSR count). The normalized spacial score (nSPS) is 11.3. The maximum atomic E-state index is 13.4. The standard InChI is InChI=1S/C30H22FN3O5S.C2HF3O2/c31-20-7-10-22(11-8-20)40(37,38)23-12-13-27(25(16-23)24-2-1-3-26(32)28(24)30(35)36)39-21-9-6-17-14-19(29(33)34)5-4-18(17)15-21;3-2(4,5)1(6)7/h1-16H,32H2,(H3,33,34)(H,35,36);(H,6,7). The zero-order valence-corrected chi connectivity index (χ0v) is 24.6. The molecule has 47 heavy (non-hydrogen) atoms. The summed E-state index contributed by atoms with van der Waals surface area (Å²) in [6, 6.07) is 23.5. The molecule has 0 bridgehead atoms. The Morgan fingerprint density at radius 2 is 1.38 bits per heavy atom. The third-order valence-corrected chi connectivity index (χ3v) is 8.35. The Bertz CT molecular complexity index is 2140. The van der Waals surface area contributed by atoms with E-state index in [9.17, 15) is 35.9 Å². The predicted molar refractivity (Wildman–Crippen MR) is 164 cm³/mol. The van der Waals surface area contributed by atoms with Crippen LogP contribution in [0.25, 0.3) is 21.9 Å². The second-order valence-corrected chi connectivity index (χ2v) is 11.7. The van der Waals surface area contributed by atoms with E-state index in [-0.39, 0.29) is 43.8 Å². The molecule has 0 aromatic heterocycles. The van der Waals surface area contributed by atoms with Gasteiger partial charge in [0, 0.05) is 22.4 Å². The highest BCUT2D eigenvalue weighted by molar-refractivity contribution is 7.91. The summed E-state index contributed by atoms with van der Waals surface area (Å²) in [5.41, 5.74) is 12.3. The van der Waals surface area contributed by atoms with Gasteiger partial charge in [0.15, 0.2) is 0 Å². The molecule has 15 heteroatoms. The average Bonchev–Trinajstić information content (AvgIpc) is 3.00. The number of hydrogen-bond donors (Lipinski definition) is 5. The molecule has 0 unspecified atom stereocenters. The van der Waals surface area contributed by atoms with Gasteiger partial charge in [-0.1, -0.05) is 30.3 Å². The molecule has 0 radical (unpaired) electrons. The number of alkyl halides is 3. The lowest BCUT2D eigenvalue weighted by Gasteiger charge is -2.16. The van der Waals surface area contributed by atoms with Crippen LogP contribution in [0.2, 0.25) is 0 Å². The van der Waals surface area contributed by atoms with E-state index in [4.69, 9.17) is 31.5 Å². The van der Waals surface area contributed by atoms with Crippen LogP contribution in [0.15, 0.2) is 107 Å². The fourth-order valence-corrected chi connectivity index (χ4v) is 5.63. The van der Waals surface area contributed by atoms with Crippen LogP contribution < -0.4 is 16.2 Å². The average molecular weight is 670 g/mol. The van der Waals surface area contributed by atoms with Gasteiger partial charge < -0.3 is 26.4 Å². The van der Waals surface area contributed by atoms with Crippen molar-refractivity contribution >= 4 is 44.1 Å². The number of carboxylic acid groups (broad SMARTS) is 2. The second kappa shape index (κ2) is 13.2. The third kappa shape index (κ3) is 7.65. The molecule has 0 saturated carbocycles. The molecule has 242 valence electrons. The fourth-order valence-electron chi connectivity index (χ4n) is 4.34. The smallest absolute Gasteiger partial charge is 0.478 e. The van der Waals surface area contributed by atoms with Gasteiger partial charge in [-0.15, -0.1) is 0 Å². The molecule has 7 N–H and O–H groups in total. The van der Waals surface area contributed by atoms with Crippen LogP contribution >= 0.6 is 0 Å². The molecule has 0 aliphatic rings. The topological polar surface area (TPSA) is 194 Å². The van der Waals surface area contributed by atoms with E-state index in [1.807, 2.05) is 0 Å². The van der Waals surface area contributed by atoms with Crippen molar-refractivity contribution in [2.24, 2.45) is 5.73 Å². The number of hydrogen-bond acceptors (Lipinski definition) is 7. The van der Waals surface area contributed by atoms with Gasteiger partial charge in [0.25, 0.3) is 0 Å². The van der Waals surface area contributed by atoms with Gasteiger partial charge in [-0.3, -0.25) is 5.41 Å². The van der Waals surface area contributed by atoms with Crippen LogP contribution in [0.3, 0.4) is 0 Å². The van der Waals surface area contributed by atoms with Crippen molar-refractivity contribution in [3.8, 4) is 22.6 Å². The predicted octanol–water partition coefficient (Wildman–Crippen LogP) is 6.47. The van der Waals surface area contributed by atoms with E-state index >= 15 is 0 Å². The molecule has 0 heterocycles. The number of nitrogen functional groups attached to an aromatic ring is 2. The Hall–Kier alpha value is -5.96. The highest BCUT2D eigenvalue weighted by Gasteiger charge is 2.38. The number of aliphatic carboxylic acids is 1. The highest BCUT2D eigenvalue weighted by Crippen LogP contribution is 2.40. The zero-order valence-electron chi connectivity index (χ0n) is 23.7. The number of rotatable bonds is 7. The molecular weight excluding hydrogens is 646 g/mol. The molecule has 0 atom stereocenters. The summed E-state index contributed by atoms with van der Waals surface area (Å²) in [6.07, 6.45) is -5.08. The number of anilines is 1. The number of benzene rings is 5. The number of fused-ring (bicyclic) bond motifs is 1. The van der Waals surface area contributed by atoms with E-state index in [2.05, 4.69) is 0 Å². The highest BCUT2D eigenvalue weighted by atomic mass is 32.2. The van der Waals surface area contributed by atoms with Gasteiger partial charge >= 0.3 is 18.1 Å². The van der Waals surface area contributed by atoms with E-state index in [0.717, 1.165) is 35.0 Å². The summed E-state index contributed by atoms with van der Waals surface area (Å²) in [5.74, 6) is -4.10. The monoisotopic (exact) mass is 669 g/mol. The van der Waals surface area contributed by atoms with E-state index < -0.39 is 33.8 Å². The van der Waals surface area contributed by atoms with Crippen molar-refractivity contribution < 1.29 is 50.5 Å². The van der Waals surface area contributed by atoms with Gasteiger partial charge in [0.05, 0.1) is 15.4 Å². The Kier molecular flexibility index (Phi) is 9.51. The number of carboxylic acids is 2. The van der Waals surface area contributed by atoms with Crippen molar-refractivity contribution in [1.29, 1.82) is 5.41 Å². The van der Waals surface area contributed by atoms with Gasteiger partial charge in [0.2, 0.25) is 9.84 Å². The first-order valence-corrected chi connectivity index (χ1v) is 14.6. The first-order valence-electron chi connectivity index (χ1n) is 13.1. The minimum Gasteiger partial charge on any atom is -0.478 e. The summed E-state index contributed by atoms with van der Waals surface area (Å²) in [6.45, 7) is 0. The van der Waals surface area contributed by atoms with Crippen LogP contribution in [0.4, 0.5) is 23.2 Å². The third-order valence-electron chi connectivity index (χ3n) is 6.58. The quantitative estimate of drug-likeness (QED) is 0.0424. The molecule has 5 aromatic rings. The van der Waals surface area contributed by atoms with Crippen LogP contribution in [-0.2, 0) is 14.6 Å². The van der Waals surface area contributed by atoms with Gasteiger partial charge in [0.1, 0.15) is 23.2 Å². The zero-order chi connectivity index (χ0) is 34.7. The molecule has 0 aliphatic carbocycles. The van der Waals surface area contributed by atoms with Crippen molar-refractivity contribution in [2.75, 3.05) is 5.73 Å². The fraction of sp³-hybridized carbons (Fsp3) is 0.0312. The van der Waals surface area contributed by atoms with Crippen LogP contribution in [-0.4, -0.2) is 42.6 Å². The summed E-state index contributed by atoms with van der Waals surface area (Å²) < 4.78 is 78.1. The molecule has 0 aliphatic heterocycles. The minimum atomic E-state index is -5.08. The van der Waals surface area contributed by atoms with Crippen LogP contribution in [0, 0.1) is 11.2 Å². The number of ether oxygens (including phenoxy) is 1. The lowest BCUT2D eigenvalue weighted by molar-refractivity contribution is -0.192. The van der Waals surface area contributed by atoms with Gasteiger partial charge in [-0.2, -0.15) is 13.2 Å². The van der Waals surface area contributed by atoms with E-state index in [1.54, 1.807) is 42.5 Å². The molecule has 0 saturated heterocycles. The number of sulfone groups is 1. The Morgan fingerprint density at radius 1 is 0.787 bits per heavy atom. The number of halogens is 4. The number of aromatic carboxylic acids is 1. The maximum Gasteiger partial charge on any atom is 0.490 e. The largest absolute Gasteiger partial charge is 0.490 e. The number of nitrogens with one attached hydrogen (secondary N) is 1. The summed E-state index contributed by atoms with van der Waals surface area (Å²) in [7, 11) is -4.09. The number of carbonyl (C=O) groups is 2. The lowest BCUT2D eigenvalue weighted by Crippen LogP contribution is -2.21. The maximum absolute atomic E-state index is 13.4. The molecular formula is C32H23F4N3O7S.